The van der Waals surface area contributed by atoms with Crippen LogP contribution >= 0.6 is 0 Å². The van der Waals surface area contributed by atoms with Crippen molar-refractivity contribution in [2.45, 2.75) is 73.1 Å². The van der Waals surface area contributed by atoms with Gasteiger partial charge in [0.25, 0.3) is 0 Å². The van der Waals surface area contributed by atoms with Gasteiger partial charge >= 0.3 is 0 Å². The van der Waals surface area contributed by atoms with E-state index in [-0.39, 0.29) is 78.9 Å². The van der Waals surface area contributed by atoms with Gasteiger partial charge < -0.3 is 76.6 Å². The Morgan fingerprint density at radius 2 is 0.571 bits per heavy atom. The lowest BCUT2D eigenvalue weighted by Crippen LogP contribution is -2.62. The van der Waals surface area contributed by atoms with Crippen molar-refractivity contribution >= 4 is 0 Å². The molecule has 42 heavy (non-hydrogen) atoms. The van der Waals surface area contributed by atoms with Gasteiger partial charge in [-0.25, -0.2) is 0 Å². The van der Waals surface area contributed by atoms with Crippen molar-refractivity contribution in [2.75, 3.05) is 78.9 Å². The Labute approximate surface area is 243 Å². The fraction of sp³-hybridized carbons (Fsp3) is 1.00. The second-order valence-electron chi connectivity index (χ2n) is 10.6. The minimum absolute atomic E-state index is 0.119. The molecule has 0 unspecified atom stereocenters. The van der Waals surface area contributed by atoms with E-state index in [2.05, 4.69) is 0 Å². The molecule has 0 aromatic rings. The summed E-state index contributed by atoms with van der Waals surface area (Å²) in [5, 5.41) is 138. The molecule has 0 radical (unpaired) electrons. The first kappa shape index (κ1) is 39.3. The number of aliphatic hydroxyl groups excluding tert-OH is 15. The summed E-state index contributed by atoms with van der Waals surface area (Å²) in [6.45, 7) is -0.104. The molecule has 3 rings (SSSR count). The Morgan fingerprint density at radius 1 is 0.357 bits per heavy atom. The maximum atomic E-state index is 9.51. The SMILES string of the molecule is OCCN1C[C@H](O)[C@@H](O)[C@H](O)[C@H]1CO.OCCN1C[C@H](O)[C@@H](O)[C@H](O)[C@H]1CO.OCCN1C[C@H](O)[C@@H](O)[C@H](O)[C@H]1CO. The Balaban J connectivity index is 0.000000315. The van der Waals surface area contributed by atoms with Gasteiger partial charge in [-0.3, -0.25) is 14.7 Å². The largest absolute Gasteiger partial charge is 0.395 e. The van der Waals surface area contributed by atoms with Gasteiger partial charge in [-0.15, -0.1) is 0 Å². The van der Waals surface area contributed by atoms with Crippen LogP contribution in [0, 0.1) is 0 Å². The Morgan fingerprint density at radius 3 is 0.738 bits per heavy atom. The first-order chi connectivity index (χ1) is 19.8. The van der Waals surface area contributed by atoms with Gasteiger partial charge in [0.05, 0.1) is 76.1 Å². The van der Waals surface area contributed by atoms with Crippen LogP contribution < -0.4 is 0 Å². The lowest BCUT2D eigenvalue weighted by atomic mass is 9.94. The summed E-state index contributed by atoms with van der Waals surface area (Å²) in [7, 11) is 0. The van der Waals surface area contributed by atoms with Crippen LogP contribution in [0.15, 0.2) is 0 Å². The Bertz CT molecular complexity index is 628. The number of likely N-dealkylation sites (tertiary alicyclic amines) is 3. The summed E-state index contributed by atoms with van der Waals surface area (Å²) in [5.74, 6) is 0. The van der Waals surface area contributed by atoms with Gasteiger partial charge in [0.1, 0.15) is 36.6 Å². The minimum atomic E-state index is -1.23. The third kappa shape index (κ3) is 10.4. The topological polar surface area (TPSA) is 313 Å². The van der Waals surface area contributed by atoms with Gasteiger partial charge in [0.2, 0.25) is 0 Å². The molecular weight excluding hydrogens is 570 g/mol. The van der Waals surface area contributed by atoms with E-state index in [4.69, 9.17) is 30.6 Å². The van der Waals surface area contributed by atoms with E-state index in [1.165, 1.54) is 0 Å². The number of rotatable bonds is 9. The average Bonchev–Trinajstić information content (AvgIpc) is 2.95. The normalized spacial score (nSPS) is 40.1. The number of β-amino-alcohol motifs (C(OH)–C–C–N with tert-alkyl or cyclic N) is 6. The molecule has 18 heteroatoms. The van der Waals surface area contributed by atoms with Crippen LogP contribution in [0.4, 0.5) is 0 Å². The van der Waals surface area contributed by atoms with E-state index in [9.17, 15) is 46.0 Å². The van der Waals surface area contributed by atoms with Gasteiger partial charge in [-0.1, -0.05) is 0 Å². The third-order valence-electron chi connectivity index (χ3n) is 7.81. The van der Waals surface area contributed by atoms with Crippen molar-refractivity contribution in [1.29, 1.82) is 0 Å². The molecule has 12 atom stereocenters. The second kappa shape index (κ2) is 19.6. The lowest BCUT2D eigenvalue weighted by molar-refractivity contribution is -0.146. The minimum Gasteiger partial charge on any atom is -0.395 e. The van der Waals surface area contributed by atoms with Crippen molar-refractivity contribution in [3.05, 3.63) is 0 Å². The fourth-order valence-corrected chi connectivity index (χ4v) is 5.29. The first-order valence-electron chi connectivity index (χ1n) is 13.8. The highest BCUT2D eigenvalue weighted by Crippen LogP contribution is 2.20. The average molecular weight is 622 g/mol. The molecular formula is C24H51N3O15. The standard InChI is InChI=1S/3C8H17NO5/c3*10-2-1-9-3-6(12)8(14)7(13)5(9)4-11/h3*5-8,10-14H,1-4H2/t3*5-,6+,7-,8-/m111/s1. The fourth-order valence-electron chi connectivity index (χ4n) is 5.29. The van der Waals surface area contributed by atoms with Gasteiger partial charge in [-0.05, 0) is 0 Å². The van der Waals surface area contributed by atoms with Crippen molar-refractivity contribution in [2.24, 2.45) is 0 Å². The van der Waals surface area contributed by atoms with Crippen LogP contribution in [0.3, 0.4) is 0 Å². The summed E-state index contributed by atoms with van der Waals surface area (Å²) < 4.78 is 0. The summed E-state index contributed by atoms with van der Waals surface area (Å²) in [4.78, 5) is 4.67. The molecule has 3 aliphatic rings. The first-order valence-corrected chi connectivity index (χ1v) is 13.8. The van der Waals surface area contributed by atoms with Crippen LogP contribution in [-0.2, 0) is 0 Å². The second-order valence-corrected chi connectivity index (χ2v) is 10.6. The van der Waals surface area contributed by atoms with E-state index in [0.717, 1.165) is 0 Å². The summed E-state index contributed by atoms with van der Waals surface area (Å²) in [6, 6.07) is -1.87. The lowest BCUT2D eigenvalue weighted by Gasteiger charge is -2.42. The van der Waals surface area contributed by atoms with Crippen molar-refractivity contribution < 1.29 is 76.6 Å². The molecule has 0 amide bonds. The van der Waals surface area contributed by atoms with Crippen LogP contribution in [0.25, 0.3) is 0 Å². The maximum absolute atomic E-state index is 9.51. The molecule has 0 aromatic carbocycles. The molecule has 0 aromatic heterocycles. The van der Waals surface area contributed by atoms with Gasteiger partial charge in [0, 0.05) is 39.3 Å². The molecule has 0 saturated carbocycles. The number of hydrogen-bond acceptors (Lipinski definition) is 18. The van der Waals surface area contributed by atoms with E-state index in [0.29, 0.717) is 0 Å². The Hall–Kier alpha value is -0.720. The van der Waals surface area contributed by atoms with E-state index < -0.39 is 73.1 Å². The molecule has 3 fully saturated rings. The predicted molar refractivity (Wildman–Crippen MR) is 143 cm³/mol. The predicted octanol–water partition coefficient (Wildman–Crippen LogP) is -9.79. The number of piperidine rings is 3. The molecule has 0 aliphatic carbocycles. The quantitative estimate of drug-likeness (QED) is 0.114. The van der Waals surface area contributed by atoms with Crippen molar-refractivity contribution in [3.63, 3.8) is 0 Å². The highest BCUT2D eigenvalue weighted by molar-refractivity contribution is 4.95. The third-order valence-corrected chi connectivity index (χ3v) is 7.81. The summed E-state index contributed by atoms with van der Waals surface area (Å²) in [5.41, 5.74) is 0. The van der Waals surface area contributed by atoms with Crippen LogP contribution in [-0.4, -0.2) is 243 Å². The molecule has 18 nitrogen and oxygen atoms in total. The van der Waals surface area contributed by atoms with Crippen LogP contribution in [0.2, 0.25) is 0 Å². The van der Waals surface area contributed by atoms with Gasteiger partial charge in [-0.2, -0.15) is 0 Å². The highest BCUT2D eigenvalue weighted by Gasteiger charge is 2.42. The van der Waals surface area contributed by atoms with Crippen LogP contribution in [0.5, 0.6) is 0 Å². The Kier molecular flexibility index (Phi) is 18.4. The van der Waals surface area contributed by atoms with Crippen LogP contribution in [0.1, 0.15) is 0 Å². The molecule has 0 spiro atoms. The number of nitrogens with zero attached hydrogens (tertiary/aromatic N) is 3. The van der Waals surface area contributed by atoms with E-state index >= 15 is 0 Å². The number of hydrogen-bond donors (Lipinski definition) is 15. The molecule has 15 N–H and O–H groups in total. The molecule has 3 heterocycles. The van der Waals surface area contributed by atoms with E-state index in [1.807, 2.05) is 0 Å². The monoisotopic (exact) mass is 621 g/mol. The molecule has 0 bridgehead atoms. The van der Waals surface area contributed by atoms with E-state index in [1.54, 1.807) is 14.7 Å². The number of aliphatic hydroxyl groups is 15. The highest BCUT2D eigenvalue weighted by atomic mass is 16.4. The van der Waals surface area contributed by atoms with Gasteiger partial charge in [0.15, 0.2) is 0 Å². The summed E-state index contributed by atoms with van der Waals surface area (Å²) in [6.07, 6.45) is -10.4. The van der Waals surface area contributed by atoms with Crippen molar-refractivity contribution in [1.82, 2.24) is 14.7 Å². The summed E-state index contributed by atoms with van der Waals surface area (Å²) >= 11 is 0. The van der Waals surface area contributed by atoms with Crippen molar-refractivity contribution in [3.8, 4) is 0 Å². The maximum Gasteiger partial charge on any atom is 0.109 e. The smallest absolute Gasteiger partial charge is 0.109 e. The molecule has 3 aliphatic heterocycles. The zero-order valence-electron chi connectivity index (χ0n) is 23.5. The zero-order chi connectivity index (χ0) is 32.1. The molecule has 3 saturated heterocycles. The zero-order valence-corrected chi connectivity index (χ0v) is 23.5. The molecule has 252 valence electrons.